The van der Waals surface area contributed by atoms with E-state index in [0.717, 1.165) is 18.3 Å². The molecule has 1 atom stereocenters. The molecule has 1 unspecified atom stereocenters. The van der Waals surface area contributed by atoms with Crippen LogP contribution in [-0.2, 0) is 15.8 Å². The molecule has 0 radical (unpaired) electrons. The first-order chi connectivity index (χ1) is 12.3. The third-order valence-corrected chi connectivity index (χ3v) is 4.21. The summed E-state index contributed by atoms with van der Waals surface area (Å²) in [5.74, 6) is -1.07. The van der Waals surface area contributed by atoms with Gasteiger partial charge in [0.05, 0.1) is 5.56 Å². The maximum absolute atomic E-state index is 12.8. The van der Waals surface area contributed by atoms with Crippen LogP contribution in [0.15, 0.2) is 42.6 Å². The molecular weight excluding hydrogens is 371 g/mol. The Morgan fingerprint density at radius 2 is 1.92 bits per heavy atom. The predicted octanol–water partition coefficient (Wildman–Crippen LogP) is 3.89. The molecule has 1 saturated heterocycles. The first kappa shape index (κ1) is 18.2. The number of carbonyl (C=O) groups is 2. The van der Waals surface area contributed by atoms with Gasteiger partial charge < -0.3 is 5.32 Å². The largest absolute Gasteiger partial charge is 0.416 e. The minimum atomic E-state index is -4.54. The number of alkyl halides is 3. The summed E-state index contributed by atoms with van der Waals surface area (Å²) in [6.45, 7) is 0. The summed E-state index contributed by atoms with van der Waals surface area (Å²) in [5.41, 5.74) is -0.422. The molecule has 2 heterocycles. The molecule has 0 spiro atoms. The molecule has 136 valence electrons. The van der Waals surface area contributed by atoms with Gasteiger partial charge in [0.25, 0.3) is 0 Å². The van der Waals surface area contributed by atoms with Crippen LogP contribution in [0.4, 0.5) is 24.7 Å². The molecule has 0 saturated carbocycles. The van der Waals surface area contributed by atoms with Gasteiger partial charge in [-0.05, 0) is 42.8 Å². The van der Waals surface area contributed by atoms with Crippen molar-refractivity contribution in [3.05, 3.63) is 53.2 Å². The normalized spacial score (nSPS) is 17.5. The first-order valence-electron chi connectivity index (χ1n) is 7.67. The fraction of sp³-hybridized carbons (Fsp3) is 0.235. The van der Waals surface area contributed by atoms with E-state index in [0.29, 0.717) is 10.7 Å². The molecule has 0 bridgehead atoms. The lowest BCUT2D eigenvalue weighted by molar-refractivity contribution is -0.137. The van der Waals surface area contributed by atoms with Crippen molar-refractivity contribution in [1.82, 2.24) is 4.98 Å². The number of halogens is 4. The fourth-order valence-electron chi connectivity index (χ4n) is 2.74. The van der Waals surface area contributed by atoms with Gasteiger partial charge >= 0.3 is 6.18 Å². The third-order valence-electron chi connectivity index (χ3n) is 3.96. The van der Waals surface area contributed by atoms with Crippen LogP contribution < -0.4 is 10.2 Å². The van der Waals surface area contributed by atoms with Crippen LogP contribution in [0, 0.1) is 0 Å². The van der Waals surface area contributed by atoms with Gasteiger partial charge in [-0.25, -0.2) is 4.98 Å². The molecule has 0 aliphatic carbocycles. The Morgan fingerprint density at radius 3 is 2.58 bits per heavy atom. The van der Waals surface area contributed by atoms with Crippen molar-refractivity contribution in [2.45, 2.75) is 25.1 Å². The second kappa shape index (κ2) is 6.95. The van der Waals surface area contributed by atoms with E-state index in [2.05, 4.69) is 10.3 Å². The van der Waals surface area contributed by atoms with Crippen LogP contribution in [0.1, 0.15) is 18.4 Å². The molecule has 9 heteroatoms. The van der Waals surface area contributed by atoms with Crippen molar-refractivity contribution in [2.24, 2.45) is 0 Å². The maximum atomic E-state index is 12.8. The smallest absolute Gasteiger partial charge is 0.309 e. The van der Waals surface area contributed by atoms with Crippen LogP contribution in [0.25, 0.3) is 0 Å². The number of amides is 2. The highest BCUT2D eigenvalue weighted by Gasteiger charge is 2.37. The molecule has 5 nitrogen and oxygen atoms in total. The lowest BCUT2D eigenvalue weighted by atomic mass is 10.2. The lowest BCUT2D eigenvalue weighted by Crippen LogP contribution is -2.41. The maximum Gasteiger partial charge on any atom is 0.416 e. The van der Waals surface area contributed by atoms with Crippen LogP contribution in [0.2, 0.25) is 5.02 Å². The van der Waals surface area contributed by atoms with Gasteiger partial charge in [0.15, 0.2) is 0 Å². The zero-order valence-electron chi connectivity index (χ0n) is 13.3. The van der Waals surface area contributed by atoms with E-state index in [1.807, 2.05) is 0 Å². The number of pyridine rings is 1. The van der Waals surface area contributed by atoms with Gasteiger partial charge in [0.1, 0.15) is 11.9 Å². The Labute approximate surface area is 151 Å². The van der Waals surface area contributed by atoms with Gasteiger partial charge in [-0.15, -0.1) is 0 Å². The van der Waals surface area contributed by atoms with E-state index in [9.17, 15) is 22.8 Å². The minimum absolute atomic E-state index is 0.163. The van der Waals surface area contributed by atoms with Crippen LogP contribution >= 0.6 is 11.6 Å². The van der Waals surface area contributed by atoms with Crippen LogP contribution in [0.5, 0.6) is 0 Å². The summed E-state index contributed by atoms with van der Waals surface area (Å²) >= 11 is 5.83. The number of carbonyl (C=O) groups excluding carboxylic acids is 2. The quantitative estimate of drug-likeness (QED) is 0.874. The molecule has 3 rings (SSSR count). The topological polar surface area (TPSA) is 62.3 Å². The van der Waals surface area contributed by atoms with Crippen LogP contribution in [-0.4, -0.2) is 22.8 Å². The van der Waals surface area contributed by atoms with E-state index in [1.54, 1.807) is 24.3 Å². The summed E-state index contributed by atoms with van der Waals surface area (Å²) in [7, 11) is 0. The number of nitrogens with zero attached hydrogens (tertiary/aromatic N) is 2. The highest BCUT2D eigenvalue weighted by atomic mass is 35.5. The Kier molecular flexibility index (Phi) is 4.86. The van der Waals surface area contributed by atoms with Crippen molar-refractivity contribution in [3.8, 4) is 0 Å². The molecule has 26 heavy (non-hydrogen) atoms. The van der Waals surface area contributed by atoms with Crippen molar-refractivity contribution < 1.29 is 22.8 Å². The molecule has 1 aromatic heterocycles. The molecule has 2 amide bonds. The number of rotatable bonds is 3. The van der Waals surface area contributed by atoms with E-state index < -0.39 is 23.7 Å². The average Bonchev–Trinajstić information content (AvgIpc) is 2.97. The van der Waals surface area contributed by atoms with E-state index in [1.165, 1.54) is 4.90 Å². The highest BCUT2D eigenvalue weighted by Crippen LogP contribution is 2.31. The number of anilines is 2. The molecule has 2 aromatic rings. The summed E-state index contributed by atoms with van der Waals surface area (Å²) < 4.78 is 38.3. The summed E-state index contributed by atoms with van der Waals surface area (Å²) in [5, 5.41) is 2.84. The number of nitrogens with one attached hydrogen (secondary N) is 1. The van der Waals surface area contributed by atoms with Crippen molar-refractivity contribution in [2.75, 3.05) is 10.2 Å². The van der Waals surface area contributed by atoms with E-state index in [-0.39, 0.29) is 24.6 Å². The number of aromatic nitrogens is 1. The number of benzene rings is 1. The standard InChI is InChI=1S/C17H13ClF3N3O2/c18-11-1-3-12(4-2-11)24-13(5-6-15(24)25)16(26)23-14-9-10(7-8-22-14)17(19,20)21/h1-4,7-9,13H,5-6H2,(H,22,23,26). The van der Waals surface area contributed by atoms with E-state index >= 15 is 0 Å². The highest BCUT2D eigenvalue weighted by molar-refractivity contribution is 6.30. The summed E-state index contributed by atoms with van der Waals surface area (Å²) in [4.78, 5) is 29.7. The molecule has 1 fully saturated rings. The summed E-state index contributed by atoms with van der Waals surface area (Å²) in [6.07, 6.45) is -3.15. The van der Waals surface area contributed by atoms with Crippen molar-refractivity contribution >= 4 is 34.9 Å². The third kappa shape index (κ3) is 3.80. The van der Waals surface area contributed by atoms with Gasteiger partial charge in [0.2, 0.25) is 11.8 Å². The lowest BCUT2D eigenvalue weighted by Gasteiger charge is -2.24. The number of hydrogen-bond acceptors (Lipinski definition) is 3. The molecule has 1 N–H and O–H groups in total. The minimum Gasteiger partial charge on any atom is -0.309 e. The average molecular weight is 384 g/mol. The molecule has 1 aliphatic heterocycles. The molecular formula is C17H13ClF3N3O2. The fourth-order valence-corrected chi connectivity index (χ4v) is 2.87. The van der Waals surface area contributed by atoms with Crippen LogP contribution in [0.3, 0.4) is 0 Å². The first-order valence-corrected chi connectivity index (χ1v) is 8.05. The van der Waals surface area contributed by atoms with Gasteiger partial charge in [-0.1, -0.05) is 11.6 Å². The SMILES string of the molecule is O=C(Nc1cc(C(F)(F)F)ccn1)C1CCC(=O)N1c1ccc(Cl)cc1. The van der Waals surface area contributed by atoms with Gasteiger partial charge in [0, 0.05) is 23.3 Å². The monoisotopic (exact) mass is 383 g/mol. The summed E-state index contributed by atoms with van der Waals surface area (Å²) in [6, 6.07) is 7.12. The number of hydrogen-bond donors (Lipinski definition) is 1. The van der Waals surface area contributed by atoms with Gasteiger partial charge in [-0.3, -0.25) is 14.5 Å². The Hall–Kier alpha value is -2.61. The van der Waals surface area contributed by atoms with Crippen molar-refractivity contribution in [3.63, 3.8) is 0 Å². The zero-order valence-corrected chi connectivity index (χ0v) is 14.0. The van der Waals surface area contributed by atoms with Gasteiger partial charge in [-0.2, -0.15) is 13.2 Å². The Bertz CT molecular complexity index is 840. The zero-order chi connectivity index (χ0) is 18.9. The second-order valence-corrected chi connectivity index (χ2v) is 6.15. The second-order valence-electron chi connectivity index (χ2n) is 5.71. The molecule has 1 aromatic carbocycles. The predicted molar refractivity (Wildman–Crippen MR) is 89.8 cm³/mol. The Morgan fingerprint density at radius 1 is 1.23 bits per heavy atom. The van der Waals surface area contributed by atoms with E-state index in [4.69, 9.17) is 11.6 Å². The Balaban J connectivity index is 1.80. The van der Waals surface area contributed by atoms with Crippen molar-refractivity contribution in [1.29, 1.82) is 0 Å². The molecule has 1 aliphatic rings.